The second-order valence-electron chi connectivity index (χ2n) is 4.85. The van der Waals surface area contributed by atoms with E-state index >= 15 is 0 Å². The van der Waals surface area contributed by atoms with Gasteiger partial charge in [0.05, 0.1) is 10.9 Å². The Bertz CT molecular complexity index is 760. The number of nitrogens with one attached hydrogen (secondary N) is 1. The number of sulfonamides is 1. The minimum atomic E-state index is -3.73. The Hall–Kier alpha value is -1.70. The minimum absolute atomic E-state index is 0.0853. The lowest BCUT2D eigenvalue weighted by atomic mass is 10.0. The second-order valence-corrected chi connectivity index (χ2v) is 6.79. The third-order valence-electron chi connectivity index (χ3n) is 3.13. The highest BCUT2D eigenvalue weighted by molar-refractivity contribution is 7.89. The predicted octanol–water partition coefficient (Wildman–Crippen LogP) is 2.65. The number of aromatic nitrogens is 2. The van der Waals surface area contributed by atoms with Crippen molar-refractivity contribution in [1.82, 2.24) is 9.97 Å². The molecule has 0 bridgehead atoms. The average Bonchev–Trinajstić information content (AvgIpc) is 2.43. The standard InChI is InChI=1S/C14H17ClN4O2S/c1-3-12(19-14-8-13(15)17-9(2)18-14)10-5-4-6-11(7-10)22(16,20)21/h4-8,12H,3H2,1-2H3,(H2,16,20,21)(H,17,18,19)/t12-/m0/s1. The SMILES string of the molecule is CC[C@H](Nc1cc(Cl)nc(C)n1)c1cccc(S(N)(=O)=O)c1. The molecule has 0 aliphatic heterocycles. The highest BCUT2D eigenvalue weighted by Gasteiger charge is 2.14. The first-order chi connectivity index (χ1) is 10.3. The van der Waals surface area contributed by atoms with Gasteiger partial charge in [-0.25, -0.2) is 23.5 Å². The van der Waals surface area contributed by atoms with E-state index in [2.05, 4.69) is 15.3 Å². The smallest absolute Gasteiger partial charge is 0.238 e. The molecule has 1 atom stereocenters. The van der Waals surface area contributed by atoms with Crippen LogP contribution in [0.5, 0.6) is 0 Å². The number of benzene rings is 1. The van der Waals surface area contributed by atoms with E-state index in [9.17, 15) is 8.42 Å². The number of hydrogen-bond acceptors (Lipinski definition) is 5. The zero-order valence-corrected chi connectivity index (χ0v) is 13.8. The molecule has 118 valence electrons. The van der Waals surface area contributed by atoms with E-state index in [1.165, 1.54) is 6.07 Å². The molecule has 2 rings (SSSR count). The molecule has 1 heterocycles. The van der Waals surface area contributed by atoms with Crippen LogP contribution >= 0.6 is 11.6 Å². The Morgan fingerprint density at radius 3 is 2.64 bits per heavy atom. The van der Waals surface area contributed by atoms with E-state index in [1.807, 2.05) is 13.0 Å². The summed E-state index contributed by atoms with van der Waals surface area (Å²) < 4.78 is 22.9. The summed E-state index contributed by atoms with van der Waals surface area (Å²) in [6, 6.07) is 8.04. The van der Waals surface area contributed by atoms with E-state index in [4.69, 9.17) is 16.7 Å². The van der Waals surface area contributed by atoms with Gasteiger partial charge in [-0.3, -0.25) is 0 Å². The maximum atomic E-state index is 11.5. The molecule has 8 heteroatoms. The Morgan fingerprint density at radius 2 is 2.05 bits per heavy atom. The van der Waals surface area contributed by atoms with Gasteiger partial charge in [0.1, 0.15) is 16.8 Å². The van der Waals surface area contributed by atoms with Crippen LogP contribution in [0.4, 0.5) is 5.82 Å². The van der Waals surface area contributed by atoms with Crippen LogP contribution in [0.3, 0.4) is 0 Å². The highest BCUT2D eigenvalue weighted by Crippen LogP contribution is 2.24. The first kappa shape index (κ1) is 16.7. The summed E-state index contributed by atoms with van der Waals surface area (Å²) in [5, 5.41) is 8.76. The number of rotatable bonds is 5. The highest BCUT2D eigenvalue weighted by atomic mass is 35.5. The summed E-state index contributed by atoms with van der Waals surface area (Å²) in [6.45, 7) is 3.73. The minimum Gasteiger partial charge on any atom is -0.363 e. The number of anilines is 1. The summed E-state index contributed by atoms with van der Waals surface area (Å²) in [6.07, 6.45) is 0.731. The van der Waals surface area contributed by atoms with Gasteiger partial charge in [-0.05, 0) is 31.0 Å². The van der Waals surface area contributed by atoms with Crippen molar-refractivity contribution in [3.63, 3.8) is 0 Å². The van der Waals surface area contributed by atoms with Crippen LogP contribution in [-0.2, 0) is 10.0 Å². The van der Waals surface area contributed by atoms with E-state index in [-0.39, 0.29) is 10.9 Å². The maximum absolute atomic E-state index is 11.5. The molecule has 0 amide bonds. The first-order valence-electron chi connectivity index (χ1n) is 6.70. The Balaban J connectivity index is 2.32. The van der Waals surface area contributed by atoms with Crippen molar-refractivity contribution in [3.05, 3.63) is 46.9 Å². The van der Waals surface area contributed by atoms with Crippen LogP contribution < -0.4 is 10.5 Å². The van der Waals surface area contributed by atoms with Crippen molar-refractivity contribution in [3.8, 4) is 0 Å². The van der Waals surface area contributed by atoms with Crippen LogP contribution in [0, 0.1) is 6.92 Å². The van der Waals surface area contributed by atoms with E-state index in [0.717, 1.165) is 12.0 Å². The number of hydrogen-bond donors (Lipinski definition) is 2. The molecule has 1 aromatic carbocycles. The molecule has 0 fully saturated rings. The van der Waals surface area contributed by atoms with Crippen LogP contribution in [0.2, 0.25) is 5.15 Å². The van der Waals surface area contributed by atoms with E-state index in [0.29, 0.717) is 16.8 Å². The largest absolute Gasteiger partial charge is 0.363 e. The van der Waals surface area contributed by atoms with Gasteiger partial charge < -0.3 is 5.32 Å². The molecule has 0 aliphatic rings. The normalized spacial score (nSPS) is 12.9. The maximum Gasteiger partial charge on any atom is 0.238 e. The fourth-order valence-electron chi connectivity index (χ4n) is 2.11. The molecular weight excluding hydrogens is 324 g/mol. The summed E-state index contributed by atoms with van der Waals surface area (Å²) in [4.78, 5) is 8.36. The van der Waals surface area contributed by atoms with Crippen molar-refractivity contribution in [2.24, 2.45) is 5.14 Å². The molecule has 0 saturated heterocycles. The van der Waals surface area contributed by atoms with Crippen molar-refractivity contribution in [2.45, 2.75) is 31.2 Å². The average molecular weight is 341 g/mol. The van der Waals surface area contributed by atoms with E-state index in [1.54, 1.807) is 25.1 Å². The molecule has 0 spiro atoms. The van der Waals surface area contributed by atoms with Crippen LogP contribution in [0.1, 0.15) is 30.8 Å². The molecule has 0 unspecified atom stereocenters. The zero-order valence-electron chi connectivity index (χ0n) is 12.2. The Labute approximate surface area is 134 Å². The third-order valence-corrected chi connectivity index (χ3v) is 4.23. The van der Waals surface area contributed by atoms with Gasteiger partial charge in [-0.15, -0.1) is 0 Å². The first-order valence-corrected chi connectivity index (χ1v) is 8.62. The number of primary sulfonamides is 1. The molecule has 22 heavy (non-hydrogen) atoms. The summed E-state index contributed by atoms with van der Waals surface area (Å²) in [7, 11) is -3.73. The molecule has 0 saturated carbocycles. The second kappa shape index (κ2) is 6.60. The summed E-state index contributed by atoms with van der Waals surface area (Å²) in [5.41, 5.74) is 0.807. The predicted molar refractivity (Wildman–Crippen MR) is 86.2 cm³/mol. The van der Waals surface area contributed by atoms with E-state index < -0.39 is 10.0 Å². The molecule has 2 aromatic rings. The van der Waals surface area contributed by atoms with Crippen molar-refractivity contribution < 1.29 is 8.42 Å². The number of nitrogens with zero attached hydrogens (tertiary/aromatic N) is 2. The molecule has 0 aliphatic carbocycles. The lowest BCUT2D eigenvalue weighted by Crippen LogP contribution is -2.15. The fraction of sp³-hybridized carbons (Fsp3) is 0.286. The summed E-state index contributed by atoms with van der Waals surface area (Å²) >= 11 is 5.92. The summed E-state index contributed by atoms with van der Waals surface area (Å²) in [5.74, 6) is 1.15. The van der Waals surface area contributed by atoms with Gasteiger partial charge in [0, 0.05) is 6.07 Å². The van der Waals surface area contributed by atoms with Crippen molar-refractivity contribution in [2.75, 3.05) is 5.32 Å². The van der Waals surface area contributed by atoms with Crippen molar-refractivity contribution >= 4 is 27.4 Å². The lowest BCUT2D eigenvalue weighted by Gasteiger charge is -2.19. The van der Waals surface area contributed by atoms with Gasteiger partial charge in [0.25, 0.3) is 0 Å². The number of halogens is 1. The van der Waals surface area contributed by atoms with Gasteiger partial charge in [-0.2, -0.15) is 0 Å². The van der Waals surface area contributed by atoms with Crippen molar-refractivity contribution in [1.29, 1.82) is 0 Å². The van der Waals surface area contributed by atoms with Gasteiger partial charge >= 0.3 is 0 Å². The number of nitrogens with two attached hydrogens (primary N) is 1. The van der Waals surface area contributed by atoms with Gasteiger partial charge in [0.2, 0.25) is 10.0 Å². The zero-order chi connectivity index (χ0) is 16.3. The molecule has 0 radical (unpaired) electrons. The fourth-order valence-corrected chi connectivity index (χ4v) is 2.91. The molecule has 3 N–H and O–H groups in total. The third kappa shape index (κ3) is 4.16. The van der Waals surface area contributed by atoms with Gasteiger partial charge in [-0.1, -0.05) is 30.7 Å². The Morgan fingerprint density at radius 1 is 1.32 bits per heavy atom. The molecular formula is C14H17ClN4O2S. The lowest BCUT2D eigenvalue weighted by molar-refractivity contribution is 0.597. The number of aryl methyl sites for hydroxylation is 1. The van der Waals surface area contributed by atoms with Crippen LogP contribution in [-0.4, -0.2) is 18.4 Å². The quantitative estimate of drug-likeness (QED) is 0.815. The Kier molecular flexibility index (Phi) is 5.00. The molecule has 1 aromatic heterocycles. The van der Waals surface area contributed by atoms with Gasteiger partial charge in [0.15, 0.2) is 0 Å². The molecule has 6 nitrogen and oxygen atoms in total. The van der Waals surface area contributed by atoms with Crippen LogP contribution in [0.25, 0.3) is 0 Å². The monoisotopic (exact) mass is 340 g/mol. The topological polar surface area (TPSA) is 98.0 Å². The van der Waals surface area contributed by atoms with Crippen LogP contribution in [0.15, 0.2) is 35.2 Å².